The summed E-state index contributed by atoms with van der Waals surface area (Å²) in [5, 5.41) is -0.0455. The van der Waals surface area contributed by atoms with Gasteiger partial charge in [-0.2, -0.15) is 0 Å². The molecule has 4 nitrogen and oxygen atoms in total. The highest BCUT2D eigenvalue weighted by molar-refractivity contribution is 8.13. The van der Waals surface area contributed by atoms with E-state index in [1.807, 2.05) is 0 Å². The number of ether oxygens (including phenoxy) is 1. The highest BCUT2D eigenvalue weighted by Crippen LogP contribution is 2.22. The zero-order valence-corrected chi connectivity index (χ0v) is 15.3. The lowest BCUT2D eigenvalue weighted by molar-refractivity contribution is -0.143. The van der Waals surface area contributed by atoms with E-state index in [0.717, 1.165) is 22.2 Å². The molecule has 0 aromatic heterocycles. The first-order valence-electron chi connectivity index (χ1n) is 8.05. The number of benzene rings is 2. The lowest BCUT2D eigenvalue weighted by atomic mass is 9.91. The van der Waals surface area contributed by atoms with Gasteiger partial charge in [0, 0.05) is 17.4 Å². The Hall–Kier alpha value is -2.47. The number of esters is 1. The van der Waals surface area contributed by atoms with Crippen LogP contribution in [0, 0.1) is 11.7 Å². The van der Waals surface area contributed by atoms with Crippen molar-refractivity contribution in [3.63, 3.8) is 0 Å². The number of thioether (sulfide) groups is 1. The molecule has 1 atom stereocenters. The average molecular weight is 374 g/mol. The number of carbonyl (C=O) groups excluding carboxylic acids is 3. The number of ketones is 1. The fourth-order valence-electron chi connectivity index (χ4n) is 2.51. The predicted molar refractivity (Wildman–Crippen MR) is 97.5 cm³/mol. The second-order valence-electron chi connectivity index (χ2n) is 5.72. The van der Waals surface area contributed by atoms with E-state index in [1.165, 1.54) is 26.2 Å². The minimum atomic E-state index is -0.934. The van der Waals surface area contributed by atoms with Gasteiger partial charge in [0.2, 0.25) is 0 Å². The maximum Gasteiger partial charge on any atom is 0.316 e. The standard InChI is InChI=1S/C20H19FO4S/c1-13(22)26-17-10-6-15(7-11-17)19(23)18(20(24)25-2)12-5-14-3-8-16(21)9-4-14/h3-4,6-11,18H,5,12H2,1-2H3. The Morgan fingerprint density at radius 3 is 2.19 bits per heavy atom. The van der Waals surface area contributed by atoms with Gasteiger partial charge in [0.25, 0.3) is 0 Å². The van der Waals surface area contributed by atoms with Crippen LogP contribution in [0.15, 0.2) is 53.4 Å². The Morgan fingerprint density at radius 1 is 1.04 bits per heavy atom. The fourth-order valence-corrected chi connectivity index (χ4v) is 3.12. The first-order valence-corrected chi connectivity index (χ1v) is 8.87. The van der Waals surface area contributed by atoms with Gasteiger partial charge in [-0.25, -0.2) is 4.39 Å². The number of aryl methyl sites for hydroxylation is 1. The van der Waals surface area contributed by atoms with Crippen molar-refractivity contribution in [1.29, 1.82) is 0 Å². The zero-order valence-electron chi connectivity index (χ0n) is 14.5. The number of halogens is 1. The monoisotopic (exact) mass is 374 g/mol. The maximum atomic E-state index is 13.0. The molecule has 2 aromatic rings. The van der Waals surface area contributed by atoms with Crippen LogP contribution in [-0.2, 0) is 20.7 Å². The minimum absolute atomic E-state index is 0.0455. The Morgan fingerprint density at radius 2 is 1.65 bits per heavy atom. The molecule has 0 aliphatic carbocycles. The van der Waals surface area contributed by atoms with Crippen molar-refractivity contribution in [2.24, 2.45) is 5.92 Å². The number of Topliss-reactive ketones (excluding diaryl/α,β-unsaturated/α-hetero) is 1. The molecule has 2 aromatic carbocycles. The molecule has 0 saturated heterocycles. The molecule has 0 radical (unpaired) electrons. The normalized spacial score (nSPS) is 11.7. The Labute approximate surface area is 155 Å². The summed E-state index contributed by atoms with van der Waals surface area (Å²) in [6.45, 7) is 1.46. The van der Waals surface area contributed by atoms with E-state index >= 15 is 0 Å². The number of hydrogen-bond acceptors (Lipinski definition) is 5. The molecule has 6 heteroatoms. The molecule has 26 heavy (non-hydrogen) atoms. The van der Waals surface area contributed by atoms with Crippen molar-refractivity contribution in [1.82, 2.24) is 0 Å². The topological polar surface area (TPSA) is 60.4 Å². The van der Waals surface area contributed by atoms with Crippen LogP contribution in [0.4, 0.5) is 4.39 Å². The van der Waals surface area contributed by atoms with Gasteiger partial charge in [-0.3, -0.25) is 14.4 Å². The molecule has 136 valence electrons. The van der Waals surface area contributed by atoms with E-state index in [-0.39, 0.29) is 23.1 Å². The van der Waals surface area contributed by atoms with Crippen LogP contribution in [0.25, 0.3) is 0 Å². The van der Waals surface area contributed by atoms with Gasteiger partial charge in [0.1, 0.15) is 11.7 Å². The predicted octanol–water partition coefficient (Wildman–Crippen LogP) is 4.07. The SMILES string of the molecule is COC(=O)C(CCc1ccc(F)cc1)C(=O)c1ccc(SC(C)=O)cc1. The second-order valence-corrected chi connectivity index (χ2v) is 6.97. The first-order chi connectivity index (χ1) is 12.4. The third kappa shape index (κ3) is 5.52. The maximum absolute atomic E-state index is 13.0. The van der Waals surface area contributed by atoms with Crippen molar-refractivity contribution in [2.75, 3.05) is 7.11 Å². The third-order valence-electron chi connectivity index (χ3n) is 3.84. The quantitative estimate of drug-likeness (QED) is 0.316. The van der Waals surface area contributed by atoms with Crippen LogP contribution in [-0.4, -0.2) is 24.0 Å². The van der Waals surface area contributed by atoms with Crippen molar-refractivity contribution in [3.05, 3.63) is 65.5 Å². The van der Waals surface area contributed by atoms with Gasteiger partial charge in [0.05, 0.1) is 7.11 Å². The van der Waals surface area contributed by atoms with Crippen LogP contribution in [0.1, 0.15) is 29.3 Å². The minimum Gasteiger partial charge on any atom is -0.468 e. The van der Waals surface area contributed by atoms with E-state index in [9.17, 15) is 18.8 Å². The molecule has 0 aliphatic rings. The first kappa shape index (κ1) is 19.8. The second kappa shape index (κ2) is 9.29. The van der Waals surface area contributed by atoms with E-state index in [2.05, 4.69) is 0 Å². The summed E-state index contributed by atoms with van der Waals surface area (Å²) in [6, 6.07) is 12.5. The van der Waals surface area contributed by atoms with E-state index in [4.69, 9.17) is 4.74 Å². The van der Waals surface area contributed by atoms with E-state index in [0.29, 0.717) is 12.0 Å². The molecule has 0 fully saturated rings. The molecule has 1 unspecified atom stereocenters. The van der Waals surface area contributed by atoms with Crippen LogP contribution in [0.5, 0.6) is 0 Å². The molecule has 0 N–H and O–H groups in total. The van der Waals surface area contributed by atoms with Gasteiger partial charge >= 0.3 is 5.97 Å². The number of rotatable bonds is 7. The molecular weight excluding hydrogens is 355 g/mol. The summed E-state index contributed by atoms with van der Waals surface area (Å²) in [7, 11) is 1.24. The fraction of sp³-hybridized carbons (Fsp3) is 0.250. The van der Waals surface area contributed by atoms with Crippen molar-refractivity contribution >= 4 is 28.6 Å². The lowest BCUT2D eigenvalue weighted by Gasteiger charge is -2.14. The molecule has 0 saturated carbocycles. The Balaban J connectivity index is 2.12. The van der Waals surface area contributed by atoms with Gasteiger partial charge in [0.15, 0.2) is 10.9 Å². The van der Waals surface area contributed by atoms with E-state index < -0.39 is 11.9 Å². The summed E-state index contributed by atoms with van der Waals surface area (Å²) in [5.41, 5.74) is 1.22. The summed E-state index contributed by atoms with van der Waals surface area (Å²) in [6.07, 6.45) is 0.713. The van der Waals surface area contributed by atoms with Crippen molar-refractivity contribution in [2.45, 2.75) is 24.7 Å². The highest BCUT2D eigenvalue weighted by atomic mass is 32.2. The average Bonchev–Trinajstić information content (AvgIpc) is 2.63. The Kier molecular flexibility index (Phi) is 7.09. The van der Waals surface area contributed by atoms with Crippen LogP contribution in [0.3, 0.4) is 0 Å². The summed E-state index contributed by atoms with van der Waals surface area (Å²) >= 11 is 1.07. The zero-order chi connectivity index (χ0) is 19.1. The smallest absolute Gasteiger partial charge is 0.316 e. The molecular formula is C20H19FO4S. The number of carbonyl (C=O) groups is 3. The molecule has 0 bridgehead atoms. The lowest BCUT2D eigenvalue weighted by Crippen LogP contribution is -2.26. The number of hydrogen-bond donors (Lipinski definition) is 0. The van der Waals surface area contributed by atoms with Gasteiger partial charge < -0.3 is 4.74 Å². The highest BCUT2D eigenvalue weighted by Gasteiger charge is 2.28. The largest absolute Gasteiger partial charge is 0.468 e. The summed E-state index contributed by atoms with van der Waals surface area (Å²) < 4.78 is 17.7. The van der Waals surface area contributed by atoms with Crippen LogP contribution < -0.4 is 0 Å². The molecule has 0 aliphatic heterocycles. The molecule has 2 rings (SSSR count). The van der Waals surface area contributed by atoms with Crippen LogP contribution >= 0.6 is 11.8 Å². The Bertz CT molecular complexity index is 784. The molecule has 0 heterocycles. The molecule has 0 amide bonds. The van der Waals surface area contributed by atoms with Gasteiger partial charge in [-0.1, -0.05) is 36.0 Å². The van der Waals surface area contributed by atoms with E-state index in [1.54, 1.807) is 36.4 Å². The summed E-state index contributed by atoms with van der Waals surface area (Å²) in [5.74, 6) is -2.20. The third-order valence-corrected chi connectivity index (χ3v) is 4.63. The number of methoxy groups -OCH3 is 1. The van der Waals surface area contributed by atoms with Crippen LogP contribution in [0.2, 0.25) is 0 Å². The van der Waals surface area contributed by atoms with Crippen molar-refractivity contribution < 1.29 is 23.5 Å². The molecule has 0 spiro atoms. The summed E-state index contributed by atoms with van der Waals surface area (Å²) in [4.78, 5) is 36.6. The van der Waals surface area contributed by atoms with Gasteiger partial charge in [-0.15, -0.1) is 0 Å². The van der Waals surface area contributed by atoms with Crippen molar-refractivity contribution in [3.8, 4) is 0 Å². The van der Waals surface area contributed by atoms with Gasteiger partial charge in [-0.05, 0) is 42.7 Å².